The van der Waals surface area contributed by atoms with Crippen LogP contribution in [-0.4, -0.2) is 30.3 Å². The van der Waals surface area contributed by atoms with Crippen molar-refractivity contribution in [2.75, 3.05) is 7.11 Å². The summed E-state index contributed by atoms with van der Waals surface area (Å²) < 4.78 is 18.9. The Hall–Kier alpha value is -3.09. The number of rotatable bonds is 9. The smallest absolute Gasteiger partial charge is 0.315 e. The first kappa shape index (κ1) is 20.2. The topological polar surface area (TPSA) is 87.7 Å². The zero-order valence-corrected chi connectivity index (χ0v) is 15.1. The molecule has 2 aromatic carbocycles. The number of nitrogens with one attached hydrogen (secondary N) is 2. The molecule has 144 valence electrons. The van der Waals surface area contributed by atoms with Crippen LogP contribution in [0.1, 0.15) is 24.0 Å². The van der Waals surface area contributed by atoms with Gasteiger partial charge in [0.1, 0.15) is 11.6 Å². The van der Waals surface area contributed by atoms with Crippen LogP contribution in [0.25, 0.3) is 0 Å². The summed E-state index contributed by atoms with van der Waals surface area (Å²) in [6.45, 7) is 0.0125. The molecule has 2 amide bonds. The molecule has 6 nitrogen and oxygen atoms in total. The third-order valence-corrected chi connectivity index (χ3v) is 4.07. The molecule has 3 N–H and O–H groups in total. The van der Waals surface area contributed by atoms with Gasteiger partial charge in [0.05, 0.1) is 7.11 Å². The number of amides is 2. The van der Waals surface area contributed by atoms with Crippen molar-refractivity contribution in [1.82, 2.24) is 10.6 Å². The summed E-state index contributed by atoms with van der Waals surface area (Å²) in [6, 6.07) is 13.1. The lowest BCUT2D eigenvalue weighted by Crippen LogP contribution is -2.43. The third kappa shape index (κ3) is 6.97. The fourth-order valence-electron chi connectivity index (χ4n) is 2.63. The molecule has 0 aromatic heterocycles. The monoisotopic (exact) mass is 374 g/mol. The van der Waals surface area contributed by atoms with Crippen LogP contribution in [0.2, 0.25) is 0 Å². The first-order chi connectivity index (χ1) is 13.0. The summed E-state index contributed by atoms with van der Waals surface area (Å²) in [7, 11) is 1.45. The van der Waals surface area contributed by atoms with Crippen molar-refractivity contribution in [3.8, 4) is 5.75 Å². The number of halogens is 1. The Kier molecular flexibility index (Phi) is 7.61. The maximum atomic E-state index is 13.9. The SMILES string of the molecule is COc1ccc(CNC(=O)NC(CCC(=O)O)Cc2ccccc2)c(F)c1. The Morgan fingerprint density at radius 3 is 2.56 bits per heavy atom. The molecule has 1 unspecified atom stereocenters. The van der Waals surface area contributed by atoms with Crippen molar-refractivity contribution < 1.29 is 23.8 Å². The predicted octanol–water partition coefficient (Wildman–Crippen LogP) is 3.11. The fraction of sp³-hybridized carbons (Fsp3) is 0.300. The molecule has 0 aliphatic carbocycles. The Balaban J connectivity index is 1.92. The molecular weight excluding hydrogens is 351 g/mol. The minimum absolute atomic E-state index is 0.0125. The van der Waals surface area contributed by atoms with Crippen LogP contribution in [0, 0.1) is 5.82 Å². The van der Waals surface area contributed by atoms with Gasteiger partial charge in [-0.05, 0) is 24.5 Å². The lowest BCUT2D eigenvalue weighted by atomic mass is 10.0. The second-order valence-electron chi connectivity index (χ2n) is 6.10. The molecule has 7 heteroatoms. The van der Waals surface area contributed by atoms with E-state index in [0.717, 1.165) is 5.56 Å². The lowest BCUT2D eigenvalue weighted by Gasteiger charge is -2.19. The number of methoxy groups -OCH3 is 1. The van der Waals surface area contributed by atoms with Crippen molar-refractivity contribution in [2.24, 2.45) is 0 Å². The van der Waals surface area contributed by atoms with Gasteiger partial charge in [-0.25, -0.2) is 9.18 Å². The van der Waals surface area contributed by atoms with E-state index in [1.807, 2.05) is 30.3 Å². The summed E-state index contributed by atoms with van der Waals surface area (Å²) in [5.41, 5.74) is 1.32. The first-order valence-electron chi connectivity index (χ1n) is 8.60. The van der Waals surface area contributed by atoms with Crippen molar-refractivity contribution in [3.63, 3.8) is 0 Å². The van der Waals surface area contributed by atoms with E-state index in [1.165, 1.54) is 13.2 Å². The Morgan fingerprint density at radius 2 is 1.93 bits per heavy atom. The van der Waals surface area contributed by atoms with E-state index in [0.29, 0.717) is 24.2 Å². The number of carbonyl (C=O) groups is 2. The van der Waals surface area contributed by atoms with Gasteiger partial charge >= 0.3 is 12.0 Å². The molecule has 0 fully saturated rings. The highest BCUT2D eigenvalue weighted by molar-refractivity contribution is 5.74. The maximum absolute atomic E-state index is 13.9. The number of urea groups is 1. The average molecular weight is 374 g/mol. The quantitative estimate of drug-likeness (QED) is 0.629. The number of hydrogen-bond acceptors (Lipinski definition) is 3. The number of carboxylic acid groups (broad SMARTS) is 1. The molecule has 0 bridgehead atoms. The number of carboxylic acids is 1. The molecular formula is C20H23FN2O4. The highest BCUT2D eigenvalue weighted by atomic mass is 19.1. The van der Waals surface area contributed by atoms with Gasteiger partial charge in [-0.2, -0.15) is 0 Å². The Labute approximate surface area is 157 Å². The van der Waals surface area contributed by atoms with Gasteiger partial charge in [0, 0.05) is 30.6 Å². The average Bonchev–Trinajstić information content (AvgIpc) is 2.65. The van der Waals surface area contributed by atoms with Gasteiger partial charge in [-0.1, -0.05) is 36.4 Å². The summed E-state index contributed by atoms with van der Waals surface area (Å²) in [4.78, 5) is 23.0. The second-order valence-corrected chi connectivity index (χ2v) is 6.10. The molecule has 0 aliphatic heterocycles. The molecule has 0 saturated carbocycles. The molecule has 1 atom stereocenters. The van der Waals surface area contributed by atoms with Crippen LogP contribution in [0.3, 0.4) is 0 Å². The van der Waals surface area contributed by atoms with Crippen molar-refractivity contribution in [1.29, 1.82) is 0 Å². The highest BCUT2D eigenvalue weighted by Gasteiger charge is 2.15. The fourth-order valence-corrected chi connectivity index (χ4v) is 2.63. The zero-order chi connectivity index (χ0) is 19.6. The van der Waals surface area contributed by atoms with Crippen LogP contribution in [-0.2, 0) is 17.8 Å². The maximum Gasteiger partial charge on any atom is 0.315 e. The van der Waals surface area contributed by atoms with E-state index >= 15 is 0 Å². The third-order valence-electron chi connectivity index (χ3n) is 4.07. The van der Waals surface area contributed by atoms with E-state index < -0.39 is 17.8 Å². The molecule has 0 spiro atoms. The van der Waals surface area contributed by atoms with E-state index in [2.05, 4.69) is 10.6 Å². The number of hydrogen-bond donors (Lipinski definition) is 3. The summed E-state index contributed by atoms with van der Waals surface area (Å²) in [5, 5.41) is 14.3. The number of benzene rings is 2. The molecule has 0 radical (unpaired) electrons. The zero-order valence-electron chi connectivity index (χ0n) is 15.1. The number of ether oxygens (including phenoxy) is 1. The molecule has 2 aromatic rings. The van der Waals surface area contributed by atoms with Crippen LogP contribution in [0.4, 0.5) is 9.18 Å². The summed E-state index contributed by atoms with van der Waals surface area (Å²) in [6.07, 6.45) is 0.762. The van der Waals surface area contributed by atoms with E-state index in [4.69, 9.17) is 9.84 Å². The van der Waals surface area contributed by atoms with Gasteiger partial charge in [-0.3, -0.25) is 4.79 Å². The second kappa shape index (κ2) is 10.2. The minimum atomic E-state index is -0.921. The molecule has 0 heterocycles. The van der Waals surface area contributed by atoms with Crippen LogP contribution in [0.5, 0.6) is 5.75 Å². The van der Waals surface area contributed by atoms with Crippen LogP contribution >= 0.6 is 0 Å². The highest BCUT2D eigenvalue weighted by Crippen LogP contribution is 2.16. The minimum Gasteiger partial charge on any atom is -0.497 e. The van der Waals surface area contributed by atoms with Crippen LogP contribution in [0.15, 0.2) is 48.5 Å². The summed E-state index contributed by atoms with van der Waals surface area (Å²) >= 11 is 0. The van der Waals surface area contributed by atoms with Crippen molar-refractivity contribution in [2.45, 2.75) is 31.8 Å². The van der Waals surface area contributed by atoms with Crippen LogP contribution < -0.4 is 15.4 Å². The predicted molar refractivity (Wildman–Crippen MR) is 99.1 cm³/mol. The number of aliphatic carboxylic acids is 1. The van der Waals surface area contributed by atoms with Gasteiger partial charge in [-0.15, -0.1) is 0 Å². The van der Waals surface area contributed by atoms with E-state index in [9.17, 15) is 14.0 Å². The molecule has 27 heavy (non-hydrogen) atoms. The normalized spacial score (nSPS) is 11.5. The first-order valence-corrected chi connectivity index (χ1v) is 8.60. The van der Waals surface area contributed by atoms with Gasteiger partial charge in [0.2, 0.25) is 0 Å². The van der Waals surface area contributed by atoms with E-state index in [1.54, 1.807) is 12.1 Å². The molecule has 0 saturated heterocycles. The molecule has 0 aliphatic rings. The lowest BCUT2D eigenvalue weighted by molar-refractivity contribution is -0.137. The standard InChI is InChI=1S/C20H23FN2O4/c1-27-17-9-7-15(18(21)12-17)13-22-20(26)23-16(8-10-19(24)25)11-14-5-3-2-4-6-14/h2-7,9,12,16H,8,10-11,13H2,1H3,(H,24,25)(H2,22,23,26). The Morgan fingerprint density at radius 1 is 1.19 bits per heavy atom. The van der Waals surface area contributed by atoms with Crippen molar-refractivity contribution >= 4 is 12.0 Å². The van der Waals surface area contributed by atoms with Gasteiger partial charge in [0.15, 0.2) is 0 Å². The Bertz CT molecular complexity index is 768. The van der Waals surface area contributed by atoms with E-state index in [-0.39, 0.29) is 19.0 Å². The van der Waals surface area contributed by atoms with Gasteiger partial charge in [0.25, 0.3) is 0 Å². The molecule has 2 rings (SSSR count). The van der Waals surface area contributed by atoms with Crippen molar-refractivity contribution in [3.05, 3.63) is 65.5 Å². The largest absolute Gasteiger partial charge is 0.497 e. The number of carbonyl (C=O) groups excluding carboxylic acids is 1. The summed E-state index contributed by atoms with van der Waals surface area (Å²) in [5.74, 6) is -0.991. The van der Waals surface area contributed by atoms with Gasteiger partial charge < -0.3 is 20.5 Å².